The number of nitrogen functional groups attached to an aromatic ring is 1. The smallest absolute Gasteiger partial charge is 0.340 e. The standard InChI is InChI=1S/C12H18N2O2/c1-8(6-7-13)9-4-3-5-10(14)11(9)12(15)16-2/h3-5,8H,6-7,13-14H2,1-2H3. The molecule has 4 heteroatoms. The molecule has 0 aromatic heterocycles. The highest BCUT2D eigenvalue weighted by Crippen LogP contribution is 2.27. The normalized spacial score (nSPS) is 12.2. The summed E-state index contributed by atoms with van der Waals surface area (Å²) in [7, 11) is 1.35. The van der Waals surface area contributed by atoms with E-state index in [1.165, 1.54) is 7.11 Å². The molecule has 0 spiro atoms. The lowest BCUT2D eigenvalue weighted by Gasteiger charge is -2.16. The number of carbonyl (C=O) groups excluding carboxylic acids is 1. The van der Waals surface area contributed by atoms with Crippen molar-refractivity contribution in [3.8, 4) is 0 Å². The van der Waals surface area contributed by atoms with E-state index in [-0.39, 0.29) is 5.92 Å². The summed E-state index contributed by atoms with van der Waals surface area (Å²) in [6, 6.07) is 5.43. The first-order valence-electron chi connectivity index (χ1n) is 5.28. The Hall–Kier alpha value is -1.55. The molecule has 1 rings (SSSR count). The topological polar surface area (TPSA) is 78.3 Å². The second-order valence-electron chi connectivity index (χ2n) is 3.78. The molecule has 0 aliphatic rings. The molecule has 1 aromatic carbocycles. The predicted octanol–water partition coefficient (Wildman–Crippen LogP) is 1.51. The van der Waals surface area contributed by atoms with Crippen LogP contribution in [0.1, 0.15) is 35.2 Å². The van der Waals surface area contributed by atoms with Crippen LogP contribution in [-0.2, 0) is 4.74 Å². The zero-order valence-corrected chi connectivity index (χ0v) is 9.69. The Balaban J connectivity index is 3.17. The van der Waals surface area contributed by atoms with Crippen LogP contribution in [0.15, 0.2) is 18.2 Å². The Kier molecular flexibility index (Phi) is 4.31. The first-order valence-corrected chi connectivity index (χ1v) is 5.28. The van der Waals surface area contributed by atoms with Crippen molar-refractivity contribution in [2.24, 2.45) is 5.73 Å². The third-order valence-corrected chi connectivity index (χ3v) is 2.65. The lowest BCUT2D eigenvalue weighted by molar-refractivity contribution is 0.0600. The summed E-state index contributed by atoms with van der Waals surface area (Å²) in [4.78, 5) is 11.6. The fourth-order valence-electron chi connectivity index (χ4n) is 1.74. The average molecular weight is 222 g/mol. The maximum absolute atomic E-state index is 11.6. The van der Waals surface area contributed by atoms with Crippen LogP contribution in [-0.4, -0.2) is 19.6 Å². The number of methoxy groups -OCH3 is 1. The highest BCUT2D eigenvalue weighted by molar-refractivity contribution is 5.96. The molecule has 4 nitrogen and oxygen atoms in total. The van der Waals surface area contributed by atoms with Crippen molar-refractivity contribution in [2.45, 2.75) is 19.3 Å². The van der Waals surface area contributed by atoms with Crippen LogP contribution in [0.4, 0.5) is 5.69 Å². The van der Waals surface area contributed by atoms with Crippen molar-refractivity contribution in [1.29, 1.82) is 0 Å². The molecule has 0 aliphatic carbocycles. The number of ether oxygens (including phenoxy) is 1. The van der Waals surface area contributed by atoms with Gasteiger partial charge in [-0.25, -0.2) is 4.79 Å². The van der Waals surface area contributed by atoms with E-state index in [4.69, 9.17) is 16.2 Å². The van der Waals surface area contributed by atoms with Crippen molar-refractivity contribution in [2.75, 3.05) is 19.4 Å². The molecule has 0 fully saturated rings. The molecule has 1 atom stereocenters. The Labute approximate surface area is 95.6 Å². The number of carbonyl (C=O) groups is 1. The largest absolute Gasteiger partial charge is 0.465 e. The van der Waals surface area contributed by atoms with E-state index in [1.54, 1.807) is 6.07 Å². The molecule has 0 heterocycles. The summed E-state index contributed by atoms with van der Waals surface area (Å²) in [5.41, 5.74) is 13.1. The van der Waals surface area contributed by atoms with Crippen LogP contribution in [0.2, 0.25) is 0 Å². The summed E-state index contributed by atoms with van der Waals surface area (Å²) in [5, 5.41) is 0. The highest BCUT2D eigenvalue weighted by atomic mass is 16.5. The van der Waals surface area contributed by atoms with Crippen LogP contribution in [0.5, 0.6) is 0 Å². The van der Waals surface area contributed by atoms with Gasteiger partial charge in [-0.15, -0.1) is 0 Å². The third-order valence-electron chi connectivity index (χ3n) is 2.65. The van der Waals surface area contributed by atoms with Crippen molar-refractivity contribution in [3.63, 3.8) is 0 Å². The van der Waals surface area contributed by atoms with Gasteiger partial charge in [0.1, 0.15) is 0 Å². The predicted molar refractivity (Wildman–Crippen MR) is 64.3 cm³/mol. The van der Waals surface area contributed by atoms with Gasteiger partial charge in [-0.05, 0) is 30.5 Å². The minimum atomic E-state index is -0.392. The summed E-state index contributed by atoms with van der Waals surface area (Å²) in [6.07, 6.45) is 0.813. The Bertz CT molecular complexity index is 377. The van der Waals surface area contributed by atoms with Crippen molar-refractivity contribution >= 4 is 11.7 Å². The molecule has 0 saturated heterocycles. The van der Waals surface area contributed by atoms with Gasteiger partial charge in [0.05, 0.1) is 12.7 Å². The summed E-state index contributed by atoms with van der Waals surface area (Å²) in [6.45, 7) is 2.60. The number of benzene rings is 1. The molecule has 16 heavy (non-hydrogen) atoms. The van der Waals surface area contributed by atoms with Crippen LogP contribution >= 0.6 is 0 Å². The van der Waals surface area contributed by atoms with Crippen LogP contribution < -0.4 is 11.5 Å². The van der Waals surface area contributed by atoms with Gasteiger partial charge >= 0.3 is 5.97 Å². The fourth-order valence-corrected chi connectivity index (χ4v) is 1.74. The van der Waals surface area contributed by atoms with Gasteiger partial charge in [0.2, 0.25) is 0 Å². The maximum Gasteiger partial charge on any atom is 0.340 e. The highest BCUT2D eigenvalue weighted by Gasteiger charge is 2.18. The molecular formula is C12H18N2O2. The average Bonchev–Trinajstić information content (AvgIpc) is 2.28. The molecule has 1 unspecified atom stereocenters. The van der Waals surface area contributed by atoms with Crippen molar-refractivity contribution < 1.29 is 9.53 Å². The summed E-state index contributed by atoms with van der Waals surface area (Å²) < 4.78 is 4.74. The molecule has 0 saturated carbocycles. The van der Waals surface area contributed by atoms with Gasteiger partial charge < -0.3 is 16.2 Å². The SMILES string of the molecule is COC(=O)c1c(N)cccc1C(C)CCN. The van der Waals surface area contributed by atoms with Gasteiger partial charge in [-0.3, -0.25) is 0 Å². The number of esters is 1. The quantitative estimate of drug-likeness (QED) is 0.598. The summed E-state index contributed by atoms with van der Waals surface area (Å²) >= 11 is 0. The molecule has 88 valence electrons. The minimum absolute atomic E-state index is 0.197. The van der Waals surface area contributed by atoms with Crippen LogP contribution in [0.3, 0.4) is 0 Å². The number of nitrogens with two attached hydrogens (primary N) is 2. The first-order chi connectivity index (χ1) is 7.61. The van der Waals surface area contributed by atoms with E-state index in [0.717, 1.165) is 12.0 Å². The number of hydrogen-bond acceptors (Lipinski definition) is 4. The van der Waals surface area contributed by atoms with E-state index in [2.05, 4.69) is 0 Å². The van der Waals surface area contributed by atoms with Gasteiger partial charge in [-0.2, -0.15) is 0 Å². The molecule has 0 bridgehead atoms. The number of hydrogen-bond donors (Lipinski definition) is 2. The Morgan fingerprint density at radius 3 is 2.75 bits per heavy atom. The van der Waals surface area contributed by atoms with E-state index in [9.17, 15) is 4.79 Å². The lowest BCUT2D eigenvalue weighted by atomic mass is 9.92. The molecular weight excluding hydrogens is 204 g/mol. The molecule has 4 N–H and O–H groups in total. The van der Waals surface area contributed by atoms with Gasteiger partial charge in [0, 0.05) is 5.69 Å². The second kappa shape index (κ2) is 5.51. The lowest BCUT2D eigenvalue weighted by Crippen LogP contribution is -2.13. The molecule has 0 radical (unpaired) electrons. The van der Waals surface area contributed by atoms with Crippen molar-refractivity contribution in [3.05, 3.63) is 29.3 Å². The van der Waals surface area contributed by atoms with Gasteiger partial charge in [0.25, 0.3) is 0 Å². The maximum atomic E-state index is 11.6. The second-order valence-corrected chi connectivity index (χ2v) is 3.78. The zero-order chi connectivity index (χ0) is 12.1. The van der Waals surface area contributed by atoms with Crippen LogP contribution in [0, 0.1) is 0 Å². The molecule has 0 aliphatic heterocycles. The summed E-state index contributed by atoms with van der Waals surface area (Å²) in [5.74, 6) is -0.195. The van der Waals surface area contributed by atoms with Gasteiger partial charge in [-0.1, -0.05) is 19.1 Å². The van der Waals surface area contributed by atoms with E-state index >= 15 is 0 Å². The molecule has 1 aromatic rings. The van der Waals surface area contributed by atoms with E-state index in [1.807, 2.05) is 19.1 Å². The Morgan fingerprint density at radius 2 is 2.19 bits per heavy atom. The van der Waals surface area contributed by atoms with E-state index < -0.39 is 5.97 Å². The van der Waals surface area contributed by atoms with Crippen LogP contribution in [0.25, 0.3) is 0 Å². The third kappa shape index (κ3) is 2.52. The van der Waals surface area contributed by atoms with Gasteiger partial charge in [0.15, 0.2) is 0 Å². The number of rotatable bonds is 4. The first kappa shape index (κ1) is 12.5. The number of anilines is 1. The minimum Gasteiger partial charge on any atom is -0.465 e. The molecule has 0 amide bonds. The zero-order valence-electron chi connectivity index (χ0n) is 9.69. The van der Waals surface area contributed by atoms with E-state index in [0.29, 0.717) is 17.8 Å². The monoisotopic (exact) mass is 222 g/mol. The Morgan fingerprint density at radius 1 is 1.50 bits per heavy atom. The van der Waals surface area contributed by atoms with Crippen molar-refractivity contribution in [1.82, 2.24) is 0 Å². The fraction of sp³-hybridized carbons (Fsp3) is 0.417.